The number of nitrogens with zero attached hydrogens (tertiary/aromatic N) is 3. The number of amides is 1. The van der Waals surface area contributed by atoms with E-state index in [0.717, 1.165) is 41.7 Å². The van der Waals surface area contributed by atoms with Crippen molar-refractivity contribution in [3.05, 3.63) is 35.0 Å². The molecule has 1 saturated heterocycles. The number of aromatic nitrogens is 2. The van der Waals surface area contributed by atoms with E-state index < -0.39 is 0 Å². The lowest BCUT2D eigenvalue weighted by Gasteiger charge is -2.30. The lowest BCUT2D eigenvalue weighted by Crippen LogP contribution is -2.39. The van der Waals surface area contributed by atoms with Gasteiger partial charge in [-0.3, -0.25) is 4.79 Å². The van der Waals surface area contributed by atoms with Crippen LogP contribution in [0.5, 0.6) is 0 Å². The fraction of sp³-hybridized carbons (Fsp3) is 0.471. The van der Waals surface area contributed by atoms with E-state index in [4.69, 9.17) is 0 Å². The standard InChI is InChI=1S/C17H22N4OS/c1-12-5-6-18-15(8-12)20-17-19-14(11-23-17)9-16(22)21-7-3-4-13(2)10-21/h5-6,8,11,13H,3-4,7,9-10H2,1-2H3,(H,18,19,20). The number of thiazole rings is 1. The first-order valence-corrected chi connectivity index (χ1v) is 8.90. The lowest BCUT2D eigenvalue weighted by atomic mass is 10.00. The van der Waals surface area contributed by atoms with Crippen molar-refractivity contribution in [3.63, 3.8) is 0 Å². The van der Waals surface area contributed by atoms with Crippen LogP contribution in [0, 0.1) is 12.8 Å². The van der Waals surface area contributed by atoms with Gasteiger partial charge in [-0.05, 0) is 43.4 Å². The van der Waals surface area contributed by atoms with E-state index in [0.29, 0.717) is 12.3 Å². The summed E-state index contributed by atoms with van der Waals surface area (Å²) >= 11 is 1.51. The van der Waals surface area contributed by atoms with Crippen LogP contribution in [0.15, 0.2) is 23.7 Å². The fourth-order valence-corrected chi connectivity index (χ4v) is 3.56. The maximum atomic E-state index is 12.4. The monoisotopic (exact) mass is 330 g/mol. The van der Waals surface area contributed by atoms with Crippen LogP contribution < -0.4 is 5.32 Å². The molecule has 2 aromatic heterocycles. The molecule has 0 saturated carbocycles. The second kappa shape index (κ2) is 7.08. The molecule has 0 radical (unpaired) electrons. The number of nitrogens with one attached hydrogen (secondary N) is 1. The first kappa shape index (κ1) is 15.9. The molecule has 1 unspecified atom stereocenters. The summed E-state index contributed by atoms with van der Waals surface area (Å²) in [4.78, 5) is 23.1. The molecule has 3 rings (SSSR count). The average molecular weight is 330 g/mol. The van der Waals surface area contributed by atoms with Gasteiger partial charge in [-0.2, -0.15) is 0 Å². The Balaban J connectivity index is 1.59. The summed E-state index contributed by atoms with van der Waals surface area (Å²) < 4.78 is 0. The van der Waals surface area contributed by atoms with Crippen molar-refractivity contribution in [2.45, 2.75) is 33.1 Å². The highest BCUT2D eigenvalue weighted by molar-refractivity contribution is 7.13. The minimum Gasteiger partial charge on any atom is -0.342 e. The summed E-state index contributed by atoms with van der Waals surface area (Å²) in [6.07, 6.45) is 4.48. The van der Waals surface area contributed by atoms with Crippen LogP contribution in [-0.4, -0.2) is 33.9 Å². The van der Waals surface area contributed by atoms with E-state index in [2.05, 4.69) is 22.2 Å². The third-order valence-corrected chi connectivity index (χ3v) is 4.85. The summed E-state index contributed by atoms with van der Waals surface area (Å²) in [6.45, 7) is 5.99. The molecule has 6 heteroatoms. The van der Waals surface area contributed by atoms with Gasteiger partial charge in [0.2, 0.25) is 5.91 Å². The third-order valence-electron chi connectivity index (χ3n) is 4.04. The number of anilines is 2. The Hall–Kier alpha value is -1.95. The molecule has 1 N–H and O–H groups in total. The highest BCUT2D eigenvalue weighted by Gasteiger charge is 2.21. The molecule has 0 spiro atoms. The van der Waals surface area contributed by atoms with E-state index in [1.165, 1.54) is 17.8 Å². The normalized spacial score (nSPS) is 18.0. The fourth-order valence-electron chi connectivity index (χ4n) is 2.84. The molecule has 3 heterocycles. The zero-order chi connectivity index (χ0) is 16.2. The molecular weight excluding hydrogens is 308 g/mol. The molecule has 1 fully saturated rings. The molecule has 2 aromatic rings. The van der Waals surface area contributed by atoms with Gasteiger partial charge in [0.15, 0.2) is 5.13 Å². The summed E-state index contributed by atoms with van der Waals surface area (Å²) in [7, 11) is 0. The molecule has 0 aromatic carbocycles. The maximum absolute atomic E-state index is 12.4. The van der Waals surface area contributed by atoms with Gasteiger partial charge in [-0.15, -0.1) is 11.3 Å². The Kier molecular flexibility index (Phi) is 4.91. The Morgan fingerprint density at radius 3 is 3.17 bits per heavy atom. The van der Waals surface area contributed by atoms with Gasteiger partial charge in [-0.1, -0.05) is 6.92 Å². The molecule has 0 bridgehead atoms. The van der Waals surface area contributed by atoms with Gasteiger partial charge in [0.1, 0.15) is 5.82 Å². The lowest BCUT2D eigenvalue weighted by molar-refractivity contribution is -0.132. The first-order valence-electron chi connectivity index (χ1n) is 8.02. The predicted molar refractivity (Wildman–Crippen MR) is 93.1 cm³/mol. The molecule has 1 atom stereocenters. The second-order valence-corrected chi connectivity index (χ2v) is 7.11. The van der Waals surface area contributed by atoms with Crippen LogP contribution in [0.4, 0.5) is 10.9 Å². The van der Waals surface area contributed by atoms with Crippen LogP contribution in [-0.2, 0) is 11.2 Å². The van der Waals surface area contributed by atoms with E-state index in [-0.39, 0.29) is 5.91 Å². The van der Waals surface area contributed by atoms with Crippen LogP contribution in [0.25, 0.3) is 0 Å². The van der Waals surface area contributed by atoms with Crippen LogP contribution >= 0.6 is 11.3 Å². The largest absolute Gasteiger partial charge is 0.342 e. The van der Waals surface area contributed by atoms with Crippen molar-refractivity contribution >= 4 is 28.2 Å². The number of hydrogen-bond donors (Lipinski definition) is 1. The number of carbonyl (C=O) groups is 1. The van der Waals surface area contributed by atoms with Crippen molar-refractivity contribution in [2.75, 3.05) is 18.4 Å². The van der Waals surface area contributed by atoms with Crippen molar-refractivity contribution in [1.29, 1.82) is 0 Å². The van der Waals surface area contributed by atoms with Gasteiger partial charge in [0.25, 0.3) is 0 Å². The molecule has 23 heavy (non-hydrogen) atoms. The van der Waals surface area contributed by atoms with E-state index in [1.807, 2.05) is 29.3 Å². The highest BCUT2D eigenvalue weighted by atomic mass is 32.1. The van der Waals surface area contributed by atoms with Crippen LogP contribution in [0.1, 0.15) is 31.0 Å². The van der Waals surface area contributed by atoms with Crippen LogP contribution in [0.3, 0.4) is 0 Å². The maximum Gasteiger partial charge on any atom is 0.228 e. The molecule has 1 amide bonds. The number of aryl methyl sites for hydroxylation is 1. The number of rotatable bonds is 4. The number of carbonyl (C=O) groups excluding carboxylic acids is 1. The topological polar surface area (TPSA) is 58.1 Å². The zero-order valence-electron chi connectivity index (χ0n) is 13.6. The predicted octanol–water partition coefficient (Wildman–Crippen LogP) is 3.39. The van der Waals surface area contributed by atoms with Gasteiger partial charge in [0.05, 0.1) is 12.1 Å². The average Bonchev–Trinajstić information content (AvgIpc) is 2.94. The Morgan fingerprint density at radius 2 is 2.39 bits per heavy atom. The summed E-state index contributed by atoms with van der Waals surface area (Å²) in [5, 5.41) is 5.92. The third kappa shape index (κ3) is 4.28. The number of hydrogen-bond acceptors (Lipinski definition) is 5. The molecule has 0 aliphatic carbocycles. The SMILES string of the molecule is Cc1ccnc(Nc2nc(CC(=O)N3CCCC(C)C3)cs2)c1. The number of pyridine rings is 1. The van der Waals surface area contributed by atoms with Crippen molar-refractivity contribution in [3.8, 4) is 0 Å². The number of likely N-dealkylation sites (tertiary alicyclic amines) is 1. The molecule has 1 aliphatic heterocycles. The van der Waals surface area contributed by atoms with Gasteiger partial charge in [0, 0.05) is 24.7 Å². The molecule has 1 aliphatic rings. The van der Waals surface area contributed by atoms with Crippen molar-refractivity contribution in [2.24, 2.45) is 5.92 Å². The Bertz CT molecular complexity index is 685. The molecular formula is C17H22N4OS. The molecule has 5 nitrogen and oxygen atoms in total. The van der Waals surface area contributed by atoms with E-state index in [1.54, 1.807) is 6.20 Å². The van der Waals surface area contributed by atoms with Crippen LogP contribution in [0.2, 0.25) is 0 Å². The van der Waals surface area contributed by atoms with Gasteiger partial charge < -0.3 is 10.2 Å². The summed E-state index contributed by atoms with van der Waals surface area (Å²) in [5.41, 5.74) is 1.97. The summed E-state index contributed by atoms with van der Waals surface area (Å²) in [5.74, 6) is 1.57. The Morgan fingerprint density at radius 1 is 1.52 bits per heavy atom. The van der Waals surface area contributed by atoms with Gasteiger partial charge in [-0.25, -0.2) is 9.97 Å². The molecule has 122 valence electrons. The minimum absolute atomic E-state index is 0.182. The van der Waals surface area contributed by atoms with E-state index in [9.17, 15) is 4.79 Å². The van der Waals surface area contributed by atoms with E-state index >= 15 is 0 Å². The Labute approximate surface area is 140 Å². The minimum atomic E-state index is 0.182. The van der Waals surface area contributed by atoms with Crippen molar-refractivity contribution in [1.82, 2.24) is 14.9 Å². The second-order valence-electron chi connectivity index (χ2n) is 6.25. The highest BCUT2D eigenvalue weighted by Crippen LogP contribution is 2.21. The van der Waals surface area contributed by atoms with Crippen molar-refractivity contribution < 1.29 is 4.79 Å². The van der Waals surface area contributed by atoms with Gasteiger partial charge >= 0.3 is 0 Å². The summed E-state index contributed by atoms with van der Waals surface area (Å²) in [6, 6.07) is 3.93. The smallest absolute Gasteiger partial charge is 0.228 e. The first-order chi connectivity index (χ1) is 11.1. The quantitative estimate of drug-likeness (QED) is 0.933. The zero-order valence-corrected chi connectivity index (χ0v) is 14.4. The number of piperidine rings is 1.